The van der Waals surface area contributed by atoms with Gasteiger partial charge in [0.1, 0.15) is 5.75 Å². The van der Waals surface area contributed by atoms with Crippen molar-refractivity contribution in [3.8, 4) is 5.75 Å². The highest BCUT2D eigenvalue weighted by molar-refractivity contribution is 14.1. The number of hydrogen-bond acceptors (Lipinski definition) is 4. The molecule has 0 bridgehead atoms. The molecule has 0 unspecified atom stereocenters. The molecule has 0 aliphatic heterocycles. The normalized spacial score (nSPS) is 10.6. The molecule has 2 aromatic rings. The largest absolute Gasteiger partial charge is 0.507 e. The van der Waals surface area contributed by atoms with Crippen LogP contribution in [0.2, 0.25) is 0 Å². The number of rotatable bonds is 5. The number of phenolic OH excluding ortho intramolecular Hbond substituents is 1. The number of aryl methyl sites for hydroxylation is 1. The van der Waals surface area contributed by atoms with Crippen molar-refractivity contribution in [1.82, 2.24) is 5.43 Å². The Morgan fingerprint density at radius 2 is 2.09 bits per heavy atom. The van der Waals surface area contributed by atoms with Crippen LogP contribution in [0.1, 0.15) is 11.1 Å². The number of aromatic hydroxyl groups is 1. The average Bonchev–Trinajstić information content (AvgIpc) is 2.50. The molecule has 0 spiro atoms. The lowest BCUT2D eigenvalue weighted by Crippen LogP contribution is -2.26. The lowest BCUT2D eigenvalue weighted by Gasteiger charge is -2.07. The molecule has 6 heteroatoms. The predicted octanol–water partition coefficient (Wildman–Crippen LogP) is 2.87. The van der Waals surface area contributed by atoms with Crippen molar-refractivity contribution in [3.05, 3.63) is 57.2 Å². The number of hydrogen-bond donors (Lipinski definition) is 3. The van der Waals surface area contributed by atoms with Crippen molar-refractivity contribution >= 4 is 40.4 Å². The molecule has 1 amide bonds. The third-order valence-electron chi connectivity index (χ3n) is 2.97. The monoisotopic (exact) mass is 409 g/mol. The molecule has 0 aliphatic carbocycles. The zero-order valence-corrected chi connectivity index (χ0v) is 14.2. The minimum absolute atomic E-state index is 0.122. The number of amides is 1. The summed E-state index contributed by atoms with van der Waals surface area (Å²) in [5, 5.41) is 16.6. The summed E-state index contributed by atoms with van der Waals surface area (Å²) in [4.78, 5) is 11.7. The van der Waals surface area contributed by atoms with Gasteiger partial charge >= 0.3 is 0 Å². The zero-order valence-electron chi connectivity index (χ0n) is 12.0. The Hall–Kier alpha value is -2.09. The molecule has 0 heterocycles. The van der Waals surface area contributed by atoms with Crippen LogP contribution in [0.5, 0.6) is 5.75 Å². The SMILES string of the molecule is Cc1ccccc1NCC(=O)N/N=C\c1cc(I)ccc1O. The summed E-state index contributed by atoms with van der Waals surface area (Å²) >= 11 is 2.14. The standard InChI is InChI=1S/C16H16IN3O2/c1-11-4-2-3-5-14(11)18-10-16(22)20-19-9-12-8-13(17)6-7-15(12)21/h2-9,18,21H,10H2,1H3,(H,20,22)/b19-9-. The Bertz CT molecular complexity index is 702. The van der Waals surface area contributed by atoms with Crippen LogP contribution in [-0.2, 0) is 4.79 Å². The van der Waals surface area contributed by atoms with E-state index in [0.29, 0.717) is 5.56 Å². The molecule has 0 saturated carbocycles. The third-order valence-corrected chi connectivity index (χ3v) is 3.64. The number of phenols is 1. The van der Waals surface area contributed by atoms with Crippen molar-refractivity contribution in [2.45, 2.75) is 6.92 Å². The molecule has 0 radical (unpaired) electrons. The van der Waals surface area contributed by atoms with Gasteiger partial charge in [-0.1, -0.05) is 18.2 Å². The van der Waals surface area contributed by atoms with Gasteiger partial charge in [-0.2, -0.15) is 5.10 Å². The van der Waals surface area contributed by atoms with Gasteiger partial charge in [0.25, 0.3) is 5.91 Å². The summed E-state index contributed by atoms with van der Waals surface area (Å²) in [6.07, 6.45) is 1.42. The van der Waals surface area contributed by atoms with E-state index in [9.17, 15) is 9.90 Å². The lowest BCUT2D eigenvalue weighted by atomic mass is 10.2. The molecule has 0 fully saturated rings. The van der Waals surface area contributed by atoms with Gasteiger partial charge in [-0.05, 0) is 59.3 Å². The fourth-order valence-corrected chi connectivity index (χ4v) is 2.30. The van der Waals surface area contributed by atoms with E-state index < -0.39 is 0 Å². The fraction of sp³-hybridized carbons (Fsp3) is 0.125. The van der Waals surface area contributed by atoms with Gasteiger partial charge in [0.15, 0.2) is 0 Å². The van der Waals surface area contributed by atoms with E-state index in [-0.39, 0.29) is 18.2 Å². The molecular weight excluding hydrogens is 393 g/mol. The first-order valence-electron chi connectivity index (χ1n) is 6.66. The molecule has 0 aliphatic rings. The van der Waals surface area contributed by atoms with Gasteiger partial charge in [-0.15, -0.1) is 0 Å². The van der Waals surface area contributed by atoms with Crippen molar-refractivity contribution < 1.29 is 9.90 Å². The molecule has 0 saturated heterocycles. The number of nitrogens with zero attached hydrogens (tertiary/aromatic N) is 1. The minimum Gasteiger partial charge on any atom is -0.507 e. The highest BCUT2D eigenvalue weighted by atomic mass is 127. The summed E-state index contributed by atoms with van der Waals surface area (Å²) in [6, 6.07) is 12.9. The quantitative estimate of drug-likeness (QED) is 0.404. The van der Waals surface area contributed by atoms with Crippen LogP contribution in [0.4, 0.5) is 5.69 Å². The van der Waals surface area contributed by atoms with Gasteiger partial charge in [0, 0.05) is 14.8 Å². The van der Waals surface area contributed by atoms with Gasteiger partial charge in [-0.3, -0.25) is 4.79 Å². The van der Waals surface area contributed by atoms with E-state index >= 15 is 0 Å². The van der Waals surface area contributed by atoms with Gasteiger partial charge in [0.2, 0.25) is 0 Å². The molecule has 22 heavy (non-hydrogen) atoms. The number of hydrazone groups is 1. The van der Waals surface area contributed by atoms with E-state index in [1.807, 2.05) is 31.2 Å². The smallest absolute Gasteiger partial charge is 0.259 e. The van der Waals surface area contributed by atoms with E-state index in [1.54, 1.807) is 18.2 Å². The van der Waals surface area contributed by atoms with Crippen molar-refractivity contribution in [2.75, 3.05) is 11.9 Å². The Morgan fingerprint density at radius 1 is 1.32 bits per heavy atom. The molecule has 0 atom stereocenters. The highest BCUT2D eigenvalue weighted by Gasteiger charge is 2.02. The average molecular weight is 409 g/mol. The minimum atomic E-state index is -0.260. The van der Waals surface area contributed by atoms with Crippen LogP contribution in [0.3, 0.4) is 0 Å². The Kier molecular flexibility index (Phi) is 5.76. The van der Waals surface area contributed by atoms with E-state index in [2.05, 4.69) is 38.4 Å². The third kappa shape index (κ3) is 4.73. The number of para-hydroxylation sites is 1. The highest BCUT2D eigenvalue weighted by Crippen LogP contribution is 2.17. The summed E-state index contributed by atoms with van der Waals surface area (Å²) in [5.74, 6) is -0.138. The second kappa shape index (κ2) is 7.79. The van der Waals surface area contributed by atoms with Gasteiger partial charge in [0.05, 0.1) is 12.8 Å². The maximum atomic E-state index is 11.7. The zero-order chi connectivity index (χ0) is 15.9. The van der Waals surface area contributed by atoms with Crippen molar-refractivity contribution in [1.29, 1.82) is 0 Å². The fourth-order valence-electron chi connectivity index (χ4n) is 1.79. The van der Waals surface area contributed by atoms with Crippen LogP contribution in [0, 0.1) is 10.5 Å². The van der Waals surface area contributed by atoms with E-state index in [4.69, 9.17) is 0 Å². The summed E-state index contributed by atoms with van der Waals surface area (Å²) in [7, 11) is 0. The van der Waals surface area contributed by atoms with Crippen LogP contribution in [0.25, 0.3) is 0 Å². The number of carbonyl (C=O) groups excluding carboxylic acids is 1. The van der Waals surface area contributed by atoms with E-state index in [0.717, 1.165) is 14.8 Å². The van der Waals surface area contributed by atoms with Crippen LogP contribution in [0.15, 0.2) is 47.6 Å². The maximum Gasteiger partial charge on any atom is 0.259 e. The topological polar surface area (TPSA) is 73.7 Å². The van der Waals surface area contributed by atoms with Crippen molar-refractivity contribution in [3.63, 3.8) is 0 Å². The molecule has 0 aromatic heterocycles. The number of halogens is 1. The van der Waals surface area contributed by atoms with Crippen molar-refractivity contribution in [2.24, 2.45) is 5.10 Å². The Labute approximate surface area is 142 Å². The molecule has 2 rings (SSSR count). The van der Waals surface area contributed by atoms with E-state index in [1.165, 1.54) is 6.21 Å². The predicted molar refractivity (Wildman–Crippen MR) is 96.2 cm³/mol. The van der Waals surface area contributed by atoms with Crippen LogP contribution in [-0.4, -0.2) is 23.8 Å². The molecule has 114 valence electrons. The van der Waals surface area contributed by atoms with Gasteiger partial charge < -0.3 is 10.4 Å². The second-order valence-electron chi connectivity index (χ2n) is 4.66. The van der Waals surface area contributed by atoms with Crippen LogP contribution < -0.4 is 10.7 Å². The Morgan fingerprint density at radius 3 is 2.86 bits per heavy atom. The first-order chi connectivity index (χ1) is 10.6. The van der Waals surface area contributed by atoms with Crippen LogP contribution >= 0.6 is 22.6 Å². The molecule has 3 N–H and O–H groups in total. The first-order valence-corrected chi connectivity index (χ1v) is 7.74. The lowest BCUT2D eigenvalue weighted by molar-refractivity contribution is -0.119. The summed E-state index contributed by atoms with van der Waals surface area (Å²) in [5.41, 5.74) is 4.96. The number of benzene rings is 2. The number of nitrogens with one attached hydrogen (secondary N) is 2. The maximum absolute atomic E-state index is 11.7. The number of carbonyl (C=O) groups is 1. The number of anilines is 1. The summed E-state index contributed by atoms with van der Waals surface area (Å²) < 4.78 is 0.976. The summed E-state index contributed by atoms with van der Waals surface area (Å²) in [6.45, 7) is 2.10. The molecular formula is C16H16IN3O2. The first kappa shape index (κ1) is 16.3. The molecule has 5 nitrogen and oxygen atoms in total. The molecule has 2 aromatic carbocycles. The van der Waals surface area contributed by atoms with Gasteiger partial charge in [-0.25, -0.2) is 5.43 Å². The second-order valence-corrected chi connectivity index (χ2v) is 5.91. The Balaban J connectivity index is 1.86.